The van der Waals surface area contributed by atoms with E-state index in [9.17, 15) is 5.11 Å². The van der Waals surface area contributed by atoms with Crippen molar-refractivity contribution in [2.75, 3.05) is 13.1 Å². The first kappa shape index (κ1) is 12.9. The Bertz CT molecular complexity index is 468. The number of fused-ring (bicyclic) bond motifs is 2. The van der Waals surface area contributed by atoms with Gasteiger partial charge in [0.2, 0.25) is 0 Å². The summed E-state index contributed by atoms with van der Waals surface area (Å²) < 4.78 is 0. The van der Waals surface area contributed by atoms with Gasteiger partial charge >= 0.3 is 0 Å². The maximum atomic E-state index is 10.2. The van der Waals surface area contributed by atoms with Crippen molar-refractivity contribution in [3.8, 4) is 0 Å². The Morgan fingerprint density at radius 1 is 1.26 bits per heavy atom. The smallest absolute Gasteiger partial charge is 0.0916 e. The van der Waals surface area contributed by atoms with Gasteiger partial charge in [-0.25, -0.2) is 0 Å². The fourth-order valence-corrected chi connectivity index (χ4v) is 3.61. The van der Waals surface area contributed by atoms with Crippen LogP contribution in [0.3, 0.4) is 0 Å². The third kappa shape index (κ3) is 2.75. The molecule has 1 saturated carbocycles. The van der Waals surface area contributed by atoms with Crippen molar-refractivity contribution < 1.29 is 5.11 Å². The first-order valence-corrected chi connectivity index (χ1v) is 7.36. The highest BCUT2D eigenvalue weighted by molar-refractivity contribution is 5.27. The second-order valence-corrected chi connectivity index (χ2v) is 6.07. The van der Waals surface area contributed by atoms with Gasteiger partial charge in [0.15, 0.2) is 0 Å². The molecule has 2 bridgehead atoms. The molecule has 1 fully saturated rings. The minimum Gasteiger partial charge on any atom is -0.387 e. The van der Waals surface area contributed by atoms with Crippen LogP contribution in [0.15, 0.2) is 36.4 Å². The Labute approximate surface area is 115 Å². The van der Waals surface area contributed by atoms with E-state index in [1.165, 1.54) is 18.4 Å². The largest absolute Gasteiger partial charge is 0.387 e. The molecule has 2 heteroatoms. The van der Waals surface area contributed by atoms with E-state index in [0.717, 1.165) is 29.9 Å². The van der Waals surface area contributed by atoms with E-state index >= 15 is 0 Å². The lowest BCUT2D eigenvalue weighted by Gasteiger charge is -2.20. The zero-order valence-electron chi connectivity index (χ0n) is 11.5. The highest BCUT2D eigenvalue weighted by Gasteiger charge is 2.35. The summed E-state index contributed by atoms with van der Waals surface area (Å²) in [6, 6.07) is 8.08. The second kappa shape index (κ2) is 5.48. The summed E-state index contributed by atoms with van der Waals surface area (Å²) in [5.74, 6) is 2.39. The van der Waals surface area contributed by atoms with Gasteiger partial charge in [0.25, 0.3) is 0 Å². The van der Waals surface area contributed by atoms with Crippen molar-refractivity contribution >= 4 is 0 Å². The van der Waals surface area contributed by atoms with Crippen molar-refractivity contribution in [2.45, 2.75) is 25.9 Å². The van der Waals surface area contributed by atoms with Gasteiger partial charge < -0.3 is 10.4 Å². The number of aliphatic hydroxyl groups excluding tert-OH is 1. The van der Waals surface area contributed by atoms with E-state index in [1.54, 1.807) is 0 Å². The number of hydrogen-bond donors (Lipinski definition) is 2. The quantitative estimate of drug-likeness (QED) is 0.795. The SMILES string of the molecule is Cc1ccccc1C(O)CNCC1CC2C=CC1C2. The second-order valence-electron chi connectivity index (χ2n) is 6.07. The summed E-state index contributed by atoms with van der Waals surface area (Å²) >= 11 is 0. The Morgan fingerprint density at radius 3 is 2.79 bits per heavy atom. The van der Waals surface area contributed by atoms with Crippen LogP contribution in [0.4, 0.5) is 0 Å². The topological polar surface area (TPSA) is 32.3 Å². The van der Waals surface area contributed by atoms with Gasteiger partial charge in [-0.15, -0.1) is 0 Å². The Kier molecular flexibility index (Phi) is 3.72. The number of benzene rings is 1. The van der Waals surface area contributed by atoms with Gasteiger partial charge in [-0.2, -0.15) is 0 Å². The van der Waals surface area contributed by atoms with Crippen molar-refractivity contribution in [2.24, 2.45) is 17.8 Å². The van der Waals surface area contributed by atoms with E-state index in [0.29, 0.717) is 6.54 Å². The number of nitrogens with one attached hydrogen (secondary N) is 1. The fourth-order valence-electron chi connectivity index (χ4n) is 3.61. The van der Waals surface area contributed by atoms with Crippen LogP contribution < -0.4 is 5.32 Å². The van der Waals surface area contributed by atoms with Crippen LogP contribution in [-0.4, -0.2) is 18.2 Å². The maximum Gasteiger partial charge on any atom is 0.0916 e. The lowest BCUT2D eigenvalue weighted by Crippen LogP contribution is -2.29. The predicted octanol–water partition coefficient (Wildman–Crippen LogP) is 2.83. The zero-order chi connectivity index (χ0) is 13.2. The molecule has 0 amide bonds. The number of allylic oxidation sites excluding steroid dienone is 2. The Balaban J connectivity index is 1.48. The highest BCUT2D eigenvalue weighted by Crippen LogP contribution is 2.42. The first-order valence-electron chi connectivity index (χ1n) is 7.36. The van der Waals surface area contributed by atoms with Gasteiger partial charge in [-0.1, -0.05) is 36.4 Å². The average molecular weight is 257 g/mol. The van der Waals surface area contributed by atoms with Crippen molar-refractivity contribution in [3.63, 3.8) is 0 Å². The van der Waals surface area contributed by atoms with Crippen LogP contribution in [0.25, 0.3) is 0 Å². The third-order valence-electron chi connectivity index (χ3n) is 4.71. The minimum absolute atomic E-state index is 0.393. The van der Waals surface area contributed by atoms with Crippen LogP contribution >= 0.6 is 0 Å². The number of aryl methyl sites for hydroxylation is 1. The lowest BCUT2D eigenvalue weighted by atomic mass is 9.93. The van der Waals surface area contributed by atoms with Crippen LogP contribution in [-0.2, 0) is 0 Å². The number of rotatable bonds is 5. The van der Waals surface area contributed by atoms with E-state index < -0.39 is 6.10 Å². The average Bonchev–Trinajstić information content (AvgIpc) is 3.01. The molecular formula is C17H23NO. The Morgan fingerprint density at radius 2 is 2.11 bits per heavy atom. The molecule has 102 valence electrons. The molecule has 0 heterocycles. The zero-order valence-corrected chi connectivity index (χ0v) is 11.5. The van der Waals surface area contributed by atoms with E-state index in [2.05, 4.69) is 30.5 Å². The van der Waals surface area contributed by atoms with Gasteiger partial charge in [-0.05, 0) is 55.2 Å². The molecule has 0 aromatic heterocycles. The number of hydrogen-bond acceptors (Lipinski definition) is 2. The van der Waals surface area contributed by atoms with Crippen LogP contribution in [0, 0.1) is 24.7 Å². The molecule has 2 aliphatic rings. The predicted molar refractivity (Wildman–Crippen MR) is 77.9 cm³/mol. The van der Waals surface area contributed by atoms with Gasteiger partial charge in [-0.3, -0.25) is 0 Å². The van der Waals surface area contributed by atoms with Crippen molar-refractivity contribution in [1.82, 2.24) is 5.32 Å². The molecule has 0 saturated heterocycles. The van der Waals surface area contributed by atoms with Crippen LogP contribution in [0.1, 0.15) is 30.1 Å². The summed E-state index contributed by atoms with van der Waals surface area (Å²) in [5, 5.41) is 13.7. The third-order valence-corrected chi connectivity index (χ3v) is 4.71. The lowest BCUT2D eigenvalue weighted by molar-refractivity contribution is 0.171. The normalized spacial score (nSPS) is 29.9. The summed E-state index contributed by atoms with van der Waals surface area (Å²) in [7, 11) is 0. The van der Waals surface area contributed by atoms with E-state index in [-0.39, 0.29) is 0 Å². The van der Waals surface area contributed by atoms with Gasteiger partial charge in [0.05, 0.1) is 6.10 Å². The molecule has 4 unspecified atom stereocenters. The van der Waals surface area contributed by atoms with Gasteiger partial charge in [0.1, 0.15) is 0 Å². The molecule has 2 aliphatic carbocycles. The molecule has 0 radical (unpaired) electrons. The fraction of sp³-hybridized carbons (Fsp3) is 0.529. The summed E-state index contributed by atoms with van der Waals surface area (Å²) in [6.07, 6.45) is 7.05. The molecule has 2 N–H and O–H groups in total. The standard InChI is InChI=1S/C17H23NO/c1-12-4-2-3-5-16(12)17(19)11-18-10-15-9-13-6-7-14(15)8-13/h2-7,13-15,17-19H,8-11H2,1H3. The molecule has 0 spiro atoms. The highest BCUT2D eigenvalue weighted by atomic mass is 16.3. The number of aliphatic hydroxyl groups is 1. The molecule has 1 aromatic rings. The summed E-state index contributed by atoms with van der Waals surface area (Å²) in [4.78, 5) is 0. The molecule has 19 heavy (non-hydrogen) atoms. The van der Waals surface area contributed by atoms with Gasteiger partial charge in [0, 0.05) is 6.54 Å². The Hall–Kier alpha value is -1.12. The molecule has 3 rings (SSSR count). The van der Waals surface area contributed by atoms with Crippen LogP contribution in [0.5, 0.6) is 0 Å². The molecule has 0 aliphatic heterocycles. The minimum atomic E-state index is -0.393. The molecular weight excluding hydrogens is 234 g/mol. The van der Waals surface area contributed by atoms with E-state index in [1.807, 2.05) is 18.2 Å². The molecule has 4 atom stereocenters. The maximum absolute atomic E-state index is 10.2. The first-order chi connectivity index (χ1) is 9.24. The summed E-state index contributed by atoms with van der Waals surface area (Å²) in [5.41, 5.74) is 2.21. The summed E-state index contributed by atoms with van der Waals surface area (Å²) in [6.45, 7) is 3.75. The molecule has 2 nitrogen and oxygen atoms in total. The monoisotopic (exact) mass is 257 g/mol. The molecule has 1 aromatic carbocycles. The van der Waals surface area contributed by atoms with Crippen molar-refractivity contribution in [1.29, 1.82) is 0 Å². The van der Waals surface area contributed by atoms with Crippen molar-refractivity contribution in [3.05, 3.63) is 47.5 Å². The van der Waals surface area contributed by atoms with E-state index in [4.69, 9.17) is 0 Å². The van der Waals surface area contributed by atoms with Crippen LogP contribution in [0.2, 0.25) is 0 Å².